The molecule has 3 rings (SSSR count). The molecule has 2 saturated heterocycles. The summed E-state index contributed by atoms with van der Waals surface area (Å²) in [5.41, 5.74) is 0.798. The second-order valence-corrected chi connectivity index (χ2v) is 15.1. The van der Waals surface area contributed by atoms with E-state index in [1.165, 1.54) is 5.56 Å². The van der Waals surface area contributed by atoms with E-state index in [-0.39, 0.29) is 35.2 Å². The van der Waals surface area contributed by atoms with Gasteiger partial charge < -0.3 is 19.0 Å². The summed E-state index contributed by atoms with van der Waals surface area (Å²) in [5, 5.41) is 10.4. The number of aliphatic hydroxyl groups is 1. The van der Waals surface area contributed by atoms with E-state index in [9.17, 15) is 5.11 Å². The van der Waals surface area contributed by atoms with Gasteiger partial charge in [-0.1, -0.05) is 58.0 Å². The number of benzene rings is 1. The Morgan fingerprint density at radius 2 is 1.89 bits per heavy atom. The van der Waals surface area contributed by atoms with E-state index >= 15 is 0 Å². The number of fused-ring (bicyclic) bond motifs is 2. The Hall–Kier alpha value is -0.723. The molecule has 2 bridgehead atoms. The lowest BCUT2D eigenvalue weighted by molar-refractivity contribution is -0.0763. The molecule has 1 aromatic rings. The molecule has 158 valence electrons. The van der Waals surface area contributed by atoms with E-state index in [4.69, 9.17) is 13.9 Å². The fraction of sp³-hybridized carbons (Fsp3) is 0.739. The summed E-state index contributed by atoms with van der Waals surface area (Å²) in [5.74, 6) is 0.694. The Kier molecular flexibility index (Phi) is 6.43. The van der Waals surface area contributed by atoms with Gasteiger partial charge in [0.05, 0.1) is 31.5 Å². The highest BCUT2D eigenvalue weighted by atomic mass is 28.4. The molecule has 1 N–H and O–H groups in total. The predicted octanol–water partition coefficient (Wildman–Crippen LogP) is 4.63. The average molecular weight is 407 g/mol. The van der Waals surface area contributed by atoms with Gasteiger partial charge in [-0.2, -0.15) is 0 Å². The van der Waals surface area contributed by atoms with Crippen LogP contribution in [0.15, 0.2) is 30.3 Å². The maximum Gasteiger partial charge on any atom is 0.192 e. The summed E-state index contributed by atoms with van der Waals surface area (Å²) >= 11 is 0. The minimum atomic E-state index is -1.87. The van der Waals surface area contributed by atoms with Gasteiger partial charge in [-0.25, -0.2) is 0 Å². The van der Waals surface area contributed by atoms with Crippen LogP contribution in [0.25, 0.3) is 0 Å². The van der Waals surface area contributed by atoms with Crippen molar-refractivity contribution in [1.29, 1.82) is 0 Å². The van der Waals surface area contributed by atoms with Crippen LogP contribution in [0.3, 0.4) is 0 Å². The lowest BCUT2D eigenvalue weighted by Gasteiger charge is -2.43. The zero-order valence-electron chi connectivity index (χ0n) is 18.4. The molecular weight excluding hydrogens is 368 g/mol. The van der Waals surface area contributed by atoms with E-state index in [0.717, 1.165) is 6.42 Å². The van der Waals surface area contributed by atoms with E-state index in [0.29, 0.717) is 25.7 Å². The highest BCUT2D eigenvalue weighted by Crippen LogP contribution is 2.55. The highest BCUT2D eigenvalue weighted by molar-refractivity contribution is 6.74. The Morgan fingerprint density at radius 3 is 2.50 bits per heavy atom. The van der Waals surface area contributed by atoms with Gasteiger partial charge >= 0.3 is 0 Å². The first kappa shape index (κ1) is 22.0. The first-order valence-electron chi connectivity index (χ1n) is 10.6. The smallest absolute Gasteiger partial charge is 0.192 e. The Balaban J connectivity index is 1.66. The van der Waals surface area contributed by atoms with Crippen molar-refractivity contribution in [1.82, 2.24) is 0 Å². The van der Waals surface area contributed by atoms with Gasteiger partial charge in [0.15, 0.2) is 8.32 Å². The fourth-order valence-electron chi connectivity index (χ4n) is 4.52. The molecule has 0 radical (unpaired) electrons. The Labute approximate surface area is 171 Å². The minimum absolute atomic E-state index is 0.0711. The van der Waals surface area contributed by atoms with Crippen molar-refractivity contribution < 1.29 is 19.0 Å². The number of aliphatic hydroxyl groups excluding tert-OH is 1. The first-order valence-corrected chi connectivity index (χ1v) is 13.6. The quantitative estimate of drug-likeness (QED) is 0.640. The molecule has 0 aromatic heterocycles. The lowest BCUT2D eigenvalue weighted by atomic mass is 9.67. The van der Waals surface area contributed by atoms with Gasteiger partial charge in [0, 0.05) is 18.4 Å². The van der Waals surface area contributed by atoms with Gasteiger partial charge in [0.25, 0.3) is 0 Å². The van der Waals surface area contributed by atoms with Crippen LogP contribution in [-0.4, -0.2) is 44.9 Å². The summed E-state index contributed by atoms with van der Waals surface area (Å²) in [7, 11) is -1.87. The van der Waals surface area contributed by atoms with Crippen LogP contribution in [0.1, 0.15) is 39.7 Å². The van der Waals surface area contributed by atoms with Gasteiger partial charge in [0.2, 0.25) is 0 Å². The second-order valence-electron chi connectivity index (χ2n) is 10.3. The number of ether oxygens (including phenoxy) is 2. The van der Waals surface area contributed by atoms with E-state index in [1.54, 1.807) is 0 Å². The van der Waals surface area contributed by atoms with Gasteiger partial charge in [-0.05, 0) is 36.0 Å². The zero-order chi connectivity index (χ0) is 20.6. The van der Waals surface area contributed by atoms with Gasteiger partial charge in [-0.3, -0.25) is 0 Å². The molecule has 0 amide bonds. The summed E-state index contributed by atoms with van der Waals surface area (Å²) in [6, 6.07) is 10.2. The lowest BCUT2D eigenvalue weighted by Crippen LogP contribution is -2.53. The summed E-state index contributed by atoms with van der Waals surface area (Å²) in [4.78, 5) is 0. The molecule has 1 aromatic carbocycles. The van der Waals surface area contributed by atoms with Gasteiger partial charge in [-0.15, -0.1) is 0 Å². The predicted molar refractivity (Wildman–Crippen MR) is 115 cm³/mol. The van der Waals surface area contributed by atoms with Crippen LogP contribution in [-0.2, 0) is 20.5 Å². The van der Waals surface area contributed by atoms with Crippen LogP contribution in [0.4, 0.5) is 0 Å². The van der Waals surface area contributed by atoms with Crippen LogP contribution in [0.5, 0.6) is 0 Å². The molecule has 2 aliphatic rings. The van der Waals surface area contributed by atoms with Crippen LogP contribution in [0, 0.1) is 17.8 Å². The van der Waals surface area contributed by atoms with Crippen molar-refractivity contribution in [2.24, 2.45) is 17.8 Å². The first-order chi connectivity index (χ1) is 13.1. The van der Waals surface area contributed by atoms with Crippen molar-refractivity contribution in [2.45, 2.75) is 70.6 Å². The van der Waals surface area contributed by atoms with Crippen molar-refractivity contribution >= 4 is 8.32 Å². The molecule has 0 spiro atoms. The standard InChI is InChI=1S/C23H38O4Si/c1-17-12-21-19(15-25-14-18-10-8-7-9-11-18)20(13-24)23(17,27-21)16-26-28(5,6)22(2,3)4/h7-11,17,19-21,24H,12-16H2,1-6H3/t17-,19+,20-,21-,23+/m0/s1. The Bertz CT molecular complexity index is 642. The molecule has 5 atom stereocenters. The summed E-state index contributed by atoms with van der Waals surface area (Å²) in [6.07, 6.45) is 1.18. The molecule has 2 heterocycles. The van der Waals surface area contributed by atoms with Crippen LogP contribution in [0.2, 0.25) is 18.1 Å². The number of hydrogen-bond donors (Lipinski definition) is 1. The fourth-order valence-corrected chi connectivity index (χ4v) is 5.54. The maximum atomic E-state index is 10.3. The van der Waals surface area contributed by atoms with Crippen molar-refractivity contribution in [3.8, 4) is 0 Å². The minimum Gasteiger partial charge on any atom is -0.414 e. The summed E-state index contributed by atoms with van der Waals surface area (Å²) < 4.78 is 19.2. The van der Waals surface area contributed by atoms with E-state index in [2.05, 4.69) is 52.9 Å². The molecule has 0 aliphatic carbocycles. The molecular formula is C23H38O4Si. The Morgan fingerprint density at radius 1 is 1.21 bits per heavy atom. The third-order valence-electron chi connectivity index (χ3n) is 7.50. The summed E-state index contributed by atoms with van der Waals surface area (Å²) in [6.45, 7) is 15.5. The van der Waals surface area contributed by atoms with Gasteiger partial charge in [0.1, 0.15) is 0 Å². The third-order valence-corrected chi connectivity index (χ3v) is 12.0. The van der Waals surface area contributed by atoms with Crippen LogP contribution < -0.4 is 0 Å². The van der Waals surface area contributed by atoms with Crippen molar-refractivity contribution in [3.63, 3.8) is 0 Å². The topological polar surface area (TPSA) is 47.9 Å². The third kappa shape index (κ3) is 4.10. The number of hydrogen-bond acceptors (Lipinski definition) is 4. The van der Waals surface area contributed by atoms with E-state index < -0.39 is 8.32 Å². The largest absolute Gasteiger partial charge is 0.414 e. The van der Waals surface area contributed by atoms with E-state index in [1.807, 2.05) is 18.2 Å². The molecule has 0 unspecified atom stereocenters. The number of rotatable bonds is 8. The SMILES string of the molecule is C[C@H]1C[C@@H]2O[C@@]1(CO[Si](C)(C)C(C)(C)C)[C@@H](CO)[C@H]2COCc1ccccc1. The molecule has 0 saturated carbocycles. The molecule has 4 nitrogen and oxygen atoms in total. The monoisotopic (exact) mass is 406 g/mol. The van der Waals surface area contributed by atoms with Crippen molar-refractivity contribution in [2.75, 3.05) is 19.8 Å². The molecule has 2 fully saturated rings. The maximum absolute atomic E-state index is 10.3. The zero-order valence-corrected chi connectivity index (χ0v) is 19.4. The molecule has 2 aliphatic heterocycles. The van der Waals surface area contributed by atoms with Crippen molar-refractivity contribution in [3.05, 3.63) is 35.9 Å². The molecule has 5 heteroatoms. The average Bonchev–Trinajstić information content (AvgIpc) is 3.12. The molecule has 28 heavy (non-hydrogen) atoms. The highest BCUT2D eigenvalue weighted by Gasteiger charge is 2.63. The second kappa shape index (κ2) is 8.19. The van der Waals surface area contributed by atoms with Crippen LogP contribution >= 0.6 is 0 Å². The normalized spacial score (nSPS) is 32.8.